The van der Waals surface area contributed by atoms with Crippen molar-refractivity contribution in [3.63, 3.8) is 0 Å². The standard InChI is InChI=1S/C16H25N3O3/c1-5-11-17-14(20)19(12-13-9-7-6-8-10-13)18-15(21)22-16(2,3)4/h6-10H,5,11-12H2,1-4H3,(H,17,20)(H,18,21). The highest BCUT2D eigenvalue weighted by Crippen LogP contribution is 2.08. The van der Waals surface area contributed by atoms with Gasteiger partial charge in [-0.15, -0.1) is 0 Å². The molecule has 1 aromatic carbocycles. The molecule has 2 N–H and O–H groups in total. The number of benzene rings is 1. The lowest BCUT2D eigenvalue weighted by Gasteiger charge is -2.26. The first-order valence-electron chi connectivity index (χ1n) is 7.40. The van der Waals surface area contributed by atoms with Gasteiger partial charge in [0.15, 0.2) is 0 Å². The number of nitrogens with zero attached hydrogens (tertiary/aromatic N) is 1. The van der Waals surface area contributed by atoms with E-state index in [1.165, 1.54) is 5.01 Å². The molecule has 6 nitrogen and oxygen atoms in total. The molecule has 0 heterocycles. The monoisotopic (exact) mass is 307 g/mol. The molecule has 3 amide bonds. The minimum Gasteiger partial charge on any atom is -0.443 e. The lowest BCUT2D eigenvalue weighted by molar-refractivity contribution is 0.0369. The molecule has 0 unspecified atom stereocenters. The summed E-state index contributed by atoms with van der Waals surface area (Å²) >= 11 is 0. The maximum atomic E-state index is 12.2. The molecular weight excluding hydrogens is 282 g/mol. The summed E-state index contributed by atoms with van der Waals surface area (Å²) in [5, 5.41) is 3.96. The summed E-state index contributed by atoms with van der Waals surface area (Å²) in [5.74, 6) is 0. The Kier molecular flexibility index (Phi) is 6.69. The third-order valence-electron chi connectivity index (χ3n) is 2.58. The van der Waals surface area contributed by atoms with Crippen molar-refractivity contribution in [2.24, 2.45) is 0 Å². The Morgan fingerprint density at radius 2 is 1.82 bits per heavy atom. The number of carbonyl (C=O) groups is 2. The molecule has 1 aromatic rings. The number of amides is 3. The number of ether oxygens (including phenoxy) is 1. The summed E-state index contributed by atoms with van der Waals surface area (Å²) in [7, 11) is 0. The minimum atomic E-state index is -0.657. The fourth-order valence-electron chi connectivity index (χ4n) is 1.67. The Hall–Kier alpha value is -2.24. The van der Waals surface area contributed by atoms with Crippen molar-refractivity contribution in [1.29, 1.82) is 0 Å². The average molecular weight is 307 g/mol. The van der Waals surface area contributed by atoms with Crippen LogP contribution in [0.25, 0.3) is 0 Å². The van der Waals surface area contributed by atoms with Gasteiger partial charge in [0.1, 0.15) is 5.60 Å². The number of hydrogen-bond acceptors (Lipinski definition) is 3. The Morgan fingerprint density at radius 1 is 1.18 bits per heavy atom. The molecule has 122 valence electrons. The fourth-order valence-corrected chi connectivity index (χ4v) is 1.67. The van der Waals surface area contributed by atoms with Crippen LogP contribution in [0, 0.1) is 0 Å². The number of hydrogen-bond donors (Lipinski definition) is 2. The van der Waals surface area contributed by atoms with Crippen LogP contribution in [0.4, 0.5) is 9.59 Å². The molecule has 6 heteroatoms. The Bertz CT molecular complexity index is 483. The van der Waals surface area contributed by atoms with E-state index in [4.69, 9.17) is 4.74 Å². The first kappa shape index (κ1) is 17.8. The molecule has 0 aromatic heterocycles. The molecule has 0 atom stereocenters. The van der Waals surface area contributed by atoms with Gasteiger partial charge >= 0.3 is 12.1 Å². The van der Waals surface area contributed by atoms with Crippen LogP contribution in [-0.4, -0.2) is 29.3 Å². The molecule has 22 heavy (non-hydrogen) atoms. The van der Waals surface area contributed by atoms with Crippen molar-refractivity contribution in [1.82, 2.24) is 15.8 Å². The van der Waals surface area contributed by atoms with Gasteiger partial charge in [0.05, 0.1) is 6.54 Å². The molecule has 0 aliphatic carbocycles. The second-order valence-corrected chi connectivity index (χ2v) is 5.92. The van der Waals surface area contributed by atoms with E-state index in [9.17, 15) is 9.59 Å². The maximum Gasteiger partial charge on any atom is 0.426 e. The summed E-state index contributed by atoms with van der Waals surface area (Å²) in [6.07, 6.45) is 0.159. The molecule has 0 saturated heterocycles. The molecule has 0 bridgehead atoms. The highest BCUT2D eigenvalue weighted by Gasteiger charge is 2.21. The predicted molar refractivity (Wildman–Crippen MR) is 85.0 cm³/mol. The third kappa shape index (κ3) is 6.97. The molecule has 0 spiro atoms. The zero-order valence-electron chi connectivity index (χ0n) is 13.7. The van der Waals surface area contributed by atoms with Crippen molar-refractivity contribution in [3.05, 3.63) is 35.9 Å². The zero-order chi connectivity index (χ0) is 16.6. The minimum absolute atomic E-state index is 0.260. The van der Waals surface area contributed by atoms with E-state index in [0.717, 1.165) is 12.0 Å². The van der Waals surface area contributed by atoms with Crippen LogP contribution < -0.4 is 10.7 Å². The van der Waals surface area contributed by atoms with Crippen LogP contribution in [0.1, 0.15) is 39.7 Å². The summed E-state index contributed by atoms with van der Waals surface area (Å²) < 4.78 is 5.19. The first-order chi connectivity index (χ1) is 10.3. The van der Waals surface area contributed by atoms with Gasteiger partial charge in [-0.05, 0) is 32.8 Å². The van der Waals surface area contributed by atoms with E-state index in [1.54, 1.807) is 20.8 Å². The highest BCUT2D eigenvalue weighted by molar-refractivity contribution is 5.77. The lowest BCUT2D eigenvalue weighted by Crippen LogP contribution is -2.51. The van der Waals surface area contributed by atoms with Gasteiger partial charge in [-0.3, -0.25) is 0 Å². The van der Waals surface area contributed by atoms with Crippen molar-refractivity contribution >= 4 is 12.1 Å². The number of nitrogens with one attached hydrogen (secondary N) is 2. The van der Waals surface area contributed by atoms with E-state index in [0.29, 0.717) is 6.54 Å². The van der Waals surface area contributed by atoms with E-state index < -0.39 is 11.7 Å². The molecule has 0 aliphatic rings. The summed E-state index contributed by atoms with van der Waals surface area (Å²) in [4.78, 5) is 24.0. The molecule has 0 radical (unpaired) electrons. The van der Waals surface area contributed by atoms with Crippen LogP contribution in [-0.2, 0) is 11.3 Å². The number of carbonyl (C=O) groups excluding carboxylic acids is 2. The number of hydrazine groups is 1. The van der Waals surface area contributed by atoms with Gasteiger partial charge in [-0.2, -0.15) is 0 Å². The average Bonchev–Trinajstić information content (AvgIpc) is 2.43. The van der Waals surface area contributed by atoms with E-state index in [2.05, 4.69) is 10.7 Å². The van der Waals surface area contributed by atoms with Crippen molar-refractivity contribution in [2.45, 2.75) is 46.3 Å². The van der Waals surface area contributed by atoms with Crippen LogP contribution in [0.2, 0.25) is 0 Å². The van der Waals surface area contributed by atoms with E-state index >= 15 is 0 Å². The maximum absolute atomic E-state index is 12.2. The van der Waals surface area contributed by atoms with Gasteiger partial charge in [-0.1, -0.05) is 37.3 Å². The molecule has 0 aliphatic heterocycles. The smallest absolute Gasteiger partial charge is 0.426 e. The summed E-state index contributed by atoms with van der Waals surface area (Å²) in [6, 6.07) is 9.06. The Morgan fingerprint density at radius 3 is 2.36 bits per heavy atom. The highest BCUT2D eigenvalue weighted by atomic mass is 16.6. The number of urea groups is 1. The molecule has 0 saturated carbocycles. The quantitative estimate of drug-likeness (QED) is 0.840. The molecule has 1 rings (SSSR count). The van der Waals surface area contributed by atoms with Gasteiger partial charge in [0.2, 0.25) is 0 Å². The third-order valence-corrected chi connectivity index (χ3v) is 2.58. The summed E-state index contributed by atoms with van der Waals surface area (Å²) in [5.41, 5.74) is 2.78. The van der Waals surface area contributed by atoms with Gasteiger partial charge < -0.3 is 10.1 Å². The van der Waals surface area contributed by atoms with Crippen LogP contribution in [0.3, 0.4) is 0 Å². The van der Waals surface area contributed by atoms with Crippen molar-refractivity contribution in [3.8, 4) is 0 Å². The Balaban J connectivity index is 2.73. The fraction of sp³-hybridized carbons (Fsp3) is 0.500. The SMILES string of the molecule is CCCNC(=O)N(Cc1ccccc1)NC(=O)OC(C)(C)C. The van der Waals surface area contributed by atoms with Crippen LogP contribution in [0.15, 0.2) is 30.3 Å². The second-order valence-electron chi connectivity index (χ2n) is 5.92. The van der Waals surface area contributed by atoms with Crippen molar-refractivity contribution in [2.75, 3.05) is 6.54 Å². The first-order valence-corrected chi connectivity index (χ1v) is 7.40. The molecule has 0 fully saturated rings. The van der Waals surface area contributed by atoms with Crippen molar-refractivity contribution < 1.29 is 14.3 Å². The predicted octanol–water partition coefficient (Wildman–Crippen LogP) is 3.05. The van der Waals surface area contributed by atoms with Gasteiger partial charge in [-0.25, -0.2) is 20.0 Å². The van der Waals surface area contributed by atoms with Crippen LogP contribution >= 0.6 is 0 Å². The topological polar surface area (TPSA) is 70.7 Å². The number of rotatable bonds is 4. The normalized spacial score (nSPS) is 10.7. The van der Waals surface area contributed by atoms with E-state index in [-0.39, 0.29) is 12.6 Å². The molecular formula is C16H25N3O3. The zero-order valence-corrected chi connectivity index (χ0v) is 13.7. The summed E-state index contributed by atoms with van der Waals surface area (Å²) in [6.45, 7) is 8.07. The Labute approximate surface area is 131 Å². The van der Waals surface area contributed by atoms with E-state index in [1.807, 2.05) is 37.3 Å². The van der Waals surface area contributed by atoms with Gasteiger partial charge in [0, 0.05) is 6.54 Å². The van der Waals surface area contributed by atoms with Crippen LogP contribution in [0.5, 0.6) is 0 Å². The largest absolute Gasteiger partial charge is 0.443 e. The van der Waals surface area contributed by atoms with Gasteiger partial charge in [0.25, 0.3) is 0 Å². The lowest BCUT2D eigenvalue weighted by atomic mass is 10.2. The second kappa shape index (κ2) is 8.26.